The van der Waals surface area contributed by atoms with Crippen LogP contribution in [-0.4, -0.2) is 44.1 Å². The standard InChI is InChI=1S/C24H32F3N3O3S/c1-23(2,3)34(33)29-20(11-13-10-18(26)19(27)12-17(13)25)14-8-15-4-5-16(9-14)30(15)22(32)24(6-7-24)21(28)31/h10,12,14-16,20,29H,4-9,11H2,1-3H3,(H2,28,31)/t14?,15?,16?,20-,34?/m1/s1. The SMILES string of the molecule is CC(C)(C)[S+]([O-])N[C@H](Cc1cc(F)c(F)cc1F)C1CC2CCC(C1)N2C(=O)C1(C(N)=O)CC1. The van der Waals surface area contributed by atoms with Gasteiger partial charge in [0.1, 0.15) is 16.0 Å². The van der Waals surface area contributed by atoms with Crippen molar-refractivity contribution in [2.45, 2.75) is 88.6 Å². The Morgan fingerprint density at radius 1 is 1.15 bits per heavy atom. The molecule has 2 amide bonds. The first-order chi connectivity index (χ1) is 15.8. The van der Waals surface area contributed by atoms with Crippen molar-refractivity contribution in [2.75, 3.05) is 0 Å². The second-order valence-electron chi connectivity index (χ2n) is 10.9. The zero-order valence-electron chi connectivity index (χ0n) is 19.7. The van der Waals surface area contributed by atoms with E-state index < -0.39 is 50.9 Å². The van der Waals surface area contributed by atoms with Gasteiger partial charge in [0.25, 0.3) is 0 Å². The Morgan fingerprint density at radius 3 is 2.21 bits per heavy atom. The lowest BCUT2D eigenvalue weighted by atomic mass is 9.82. The third kappa shape index (κ3) is 4.68. The van der Waals surface area contributed by atoms with Crippen molar-refractivity contribution < 1.29 is 27.3 Å². The number of piperidine rings is 1. The minimum Gasteiger partial charge on any atom is -0.598 e. The number of hydrogen-bond donors (Lipinski definition) is 2. The van der Waals surface area contributed by atoms with Crippen molar-refractivity contribution in [1.82, 2.24) is 9.62 Å². The van der Waals surface area contributed by atoms with Crippen molar-refractivity contribution in [3.63, 3.8) is 0 Å². The number of nitrogens with one attached hydrogen (secondary N) is 1. The van der Waals surface area contributed by atoms with E-state index in [2.05, 4.69) is 4.72 Å². The molecular weight excluding hydrogens is 467 g/mol. The van der Waals surface area contributed by atoms with Crippen molar-refractivity contribution in [2.24, 2.45) is 17.1 Å². The maximum Gasteiger partial charge on any atom is 0.238 e. The number of rotatable bonds is 7. The number of primary amides is 1. The van der Waals surface area contributed by atoms with Crippen molar-refractivity contribution in [3.05, 3.63) is 35.1 Å². The van der Waals surface area contributed by atoms with Gasteiger partial charge in [-0.15, -0.1) is 4.72 Å². The number of nitrogens with two attached hydrogens (primary N) is 1. The predicted molar refractivity (Wildman–Crippen MR) is 122 cm³/mol. The van der Waals surface area contributed by atoms with Crippen LogP contribution in [0.15, 0.2) is 12.1 Å². The summed E-state index contributed by atoms with van der Waals surface area (Å²) < 4.78 is 57.3. The van der Waals surface area contributed by atoms with Crippen molar-refractivity contribution >= 4 is 23.2 Å². The van der Waals surface area contributed by atoms with Gasteiger partial charge in [0.15, 0.2) is 11.6 Å². The maximum absolute atomic E-state index is 14.5. The highest BCUT2D eigenvalue weighted by molar-refractivity contribution is 7.90. The van der Waals surface area contributed by atoms with E-state index in [1.807, 2.05) is 25.7 Å². The Balaban J connectivity index is 1.56. The molecule has 4 atom stereocenters. The summed E-state index contributed by atoms with van der Waals surface area (Å²) in [5, 5.41) is 0. The molecule has 3 aliphatic rings. The topological polar surface area (TPSA) is 98.5 Å². The van der Waals surface area contributed by atoms with Crippen LogP contribution in [0.2, 0.25) is 0 Å². The first-order valence-corrected chi connectivity index (χ1v) is 12.9. The molecule has 3 unspecified atom stereocenters. The van der Waals surface area contributed by atoms with Crippen LogP contribution in [-0.2, 0) is 27.4 Å². The van der Waals surface area contributed by atoms with Gasteiger partial charge in [0, 0.05) is 29.5 Å². The van der Waals surface area contributed by atoms with Gasteiger partial charge in [-0.05, 0) is 83.3 Å². The molecule has 2 heterocycles. The highest BCUT2D eigenvalue weighted by Crippen LogP contribution is 2.51. The zero-order chi connectivity index (χ0) is 25.0. The van der Waals surface area contributed by atoms with Crippen LogP contribution in [0.3, 0.4) is 0 Å². The quantitative estimate of drug-likeness (QED) is 0.342. The summed E-state index contributed by atoms with van der Waals surface area (Å²) in [6.45, 7) is 5.44. The molecule has 188 valence electrons. The molecule has 0 aromatic heterocycles. The number of fused-ring (bicyclic) bond motifs is 2. The van der Waals surface area contributed by atoms with Crippen LogP contribution in [0.4, 0.5) is 13.2 Å². The number of hydrogen-bond acceptors (Lipinski definition) is 4. The van der Waals surface area contributed by atoms with Gasteiger partial charge in [-0.3, -0.25) is 9.59 Å². The van der Waals surface area contributed by atoms with E-state index in [-0.39, 0.29) is 35.9 Å². The Morgan fingerprint density at radius 2 is 1.71 bits per heavy atom. The molecule has 2 bridgehead atoms. The van der Waals surface area contributed by atoms with Gasteiger partial charge >= 0.3 is 0 Å². The van der Waals surface area contributed by atoms with E-state index in [0.29, 0.717) is 31.7 Å². The molecule has 2 aliphatic heterocycles. The van der Waals surface area contributed by atoms with Crippen molar-refractivity contribution in [1.29, 1.82) is 0 Å². The smallest absolute Gasteiger partial charge is 0.238 e. The molecule has 1 aliphatic carbocycles. The summed E-state index contributed by atoms with van der Waals surface area (Å²) in [5.74, 6) is -4.07. The molecule has 6 nitrogen and oxygen atoms in total. The van der Waals surface area contributed by atoms with Crippen molar-refractivity contribution in [3.8, 4) is 0 Å². The Labute approximate surface area is 201 Å². The molecular formula is C24H32F3N3O3S. The summed E-state index contributed by atoms with van der Waals surface area (Å²) in [6.07, 6.45) is 3.74. The van der Waals surface area contributed by atoms with Gasteiger partial charge in [0.2, 0.25) is 11.8 Å². The molecule has 3 fully saturated rings. The lowest BCUT2D eigenvalue weighted by Crippen LogP contribution is -2.56. The molecule has 2 saturated heterocycles. The third-order valence-corrected chi connectivity index (χ3v) is 9.18. The first kappa shape index (κ1) is 25.3. The summed E-state index contributed by atoms with van der Waals surface area (Å²) >= 11 is -1.47. The Bertz CT molecular complexity index is 968. The average Bonchev–Trinajstić information content (AvgIpc) is 3.51. The highest BCUT2D eigenvalue weighted by Gasteiger charge is 2.60. The van der Waals surface area contributed by atoms with E-state index in [4.69, 9.17) is 5.73 Å². The summed E-state index contributed by atoms with van der Waals surface area (Å²) in [6, 6.07) is 0.749. The molecule has 34 heavy (non-hydrogen) atoms. The second kappa shape index (κ2) is 9.02. The fourth-order valence-electron chi connectivity index (χ4n) is 5.39. The fraction of sp³-hybridized carbons (Fsp3) is 0.667. The van der Waals surface area contributed by atoms with Gasteiger partial charge in [-0.2, -0.15) is 0 Å². The summed E-state index contributed by atoms with van der Waals surface area (Å²) in [5.41, 5.74) is 4.46. The number of benzene rings is 1. The Kier molecular flexibility index (Phi) is 6.72. The predicted octanol–water partition coefficient (Wildman–Crippen LogP) is 3.10. The third-order valence-electron chi connectivity index (χ3n) is 7.55. The summed E-state index contributed by atoms with van der Waals surface area (Å²) in [7, 11) is 0. The van der Waals surface area contributed by atoms with Crippen LogP contribution in [0.5, 0.6) is 0 Å². The lowest BCUT2D eigenvalue weighted by Gasteiger charge is -2.43. The zero-order valence-corrected chi connectivity index (χ0v) is 20.5. The number of carbonyl (C=O) groups is 2. The number of carbonyl (C=O) groups excluding carboxylic acids is 2. The van der Waals surface area contributed by atoms with E-state index in [1.54, 1.807) is 0 Å². The maximum atomic E-state index is 14.5. The van der Waals surface area contributed by atoms with Crippen LogP contribution < -0.4 is 10.5 Å². The van der Waals surface area contributed by atoms with Crippen LogP contribution in [0.25, 0.3) is 0 Å². The largest absolute Gasteiger partial charge is 0.598 e. The minimum atomic E-state index is -1.47. The number of halogens is 3. The van der Waals surface area contributed by atoms with Crippen LogP contribution in [0.1, 0.15) is 64.9 Å². The normalized spacial score (nSPS) is 27.4. The van der Waals surface area contributed by atoms with E-state index in [9.17, 15) is 27.3 Å². The van der Waals surface area contributed by atoms with Gasteiger partial charge in [-0.1, -0.05) is 0 Å². The van der Waals surface area contributed by atoms with Crippen LogP contribution >= 0.6 is 0 Å². The number of nitrogens with zero attached hydrogens (tertiary/aromatic N) is 1. The van der Waals surface area contributed by atoms with Gasteiger partial charge < -0.3 is 15.2 Å². The highest BCUT2D eigenvalue weighted by atomic mass is 32.2. The molecule has 1 saturated carbocycles. The molecule has 10 heteroatoms. The van der Waals surface area contributed by atoms with Gasteiger partial charge in [-0.25, -0.2) is 13.2 Å². The molecule has 0 spiro atoms. The average molecular weight is 500 g/mol. The molecule has 1 aromatic rings. The first-order valence-electron chi connectivity index (χ1n) is 11.8. The monoisotopic (exact) mass is 499 g/mol. The molecule has 1 aromatic carbocycles. The van der Waals surface area contributed by atoms with E-state index in [1.165, 1.54) is 0 Å². The van der Waals surface area contributed by atoms with Gasteiger partial charge in [0.05, 0.1) is 6.04 Å². The molecule has 0 radical (unpaired) electrons. The molecule has 3 N–H and O–H groups in total. The van der Waals surface area contributed by atoms with E-state index in [0.717, 1.165) is 18.9 Å². The minimum absolute atomic E-state index is 0.0128. The fourth-order valence-corrected chi connectivity index (χ4v) is 6.30. The lowest BCUT2D eigenvalue weighted by molar-refractivity contribution is -0.147. The molecule has 4 rings (SSSR count). The second-order valence-corrected chi connectivity index (χ2v) is 12.9. The van der Waals surface area contributed by atoms with E-state index >= 15 is 0 Å². The Hall–Kier alpha value is -1.78. The summed E-state index contributed by atoms with van der Waals surface area (Å²) in [4.78, 5) is 26.9. The number of amides is 2. The van der Waals surface area contributed by atoms with Crippen LogP contribution in [0, 0.1) is 28.8 Å².